The van der Waals surface area contributed by atoms with Gasteiger partial charge in [-0.05, 0) is 49.9 Å². The Hall–Kier alpha value is -1.06. The van der Waals surface area contributed by atoms with E-state index in [2.05, 4.69) is 37.9 Å². The number of hydrogen-bond donors (Lipinski definition) is 0. The molecule has 20 heavy (non-hydrogen) atoms. The zero-order valence-electron chi connectivity index (χ0n) is 12.2. The van der Waals surface area contributed by atoms with E-state index in [0.29, 0.717) is 5.88 Å². The van der Waals surface area contributed by atoms with Crippen LogP contribution in [0.1, 0.15) is 33.8 Å². The molecular formula is C16H20ClNOS. The van der Waals surface area contributed by atoms with Gasteiger partial charge in [-0.25, -0.2) is 4.98 Å². The standard InChI is InChI=1S/C16H20ClNOS/c1-11-7-12(2)13(3)15(8-11)19-6-4-5-16-18-14(9-17)10-20-16/h7-8,10H,4-6,9H2,1-3H3. The summed E-state index contributed by atoms with van der Waals surface area (Å²) < 4.78 is 5.90. The zero-order valence-corrected chi connectivity index (χ0v) is 13.8. The van der Waals surface area contributed by atoms with Crippen molar-refractivity contribution in [1.82, 2.24) is 4.98 Å². The average Bonchev–Trinajstić information content (AvgIpc) is 2.88. The molecule has 0 saturated carbocycles. The van der Waals surface area contributed by atoms with Crippen LogP contribution in [0, 0.1) is 20.8 Å². The smallest absolute Gasteiger partial charge is 0.122 e. The number of thiazole rings is 1. The summed E-state index contributed by atoms with van der Waals surface area (Å²) in [7, 11) is 0. The van der Waals surface area contributed by atoms with Crippen molar-refractivity contribution in [2.45, 2.75) is 39.5 Å². The summed E-state index contributed by atoms with van der Waals surface area (Å²) in [6, 6.07) is 4.29. The quantitative estimate of drug-likeness (QED) is 0.564. The lowest BCUT2D eigenvalue weighted by Crippen LogP contribution is -2.02. The Kier molecular flexibility index (Phi) is 5.44. The molecular weight excluding hydrogens is 290 g/mol. The highest BCUT2D eigenvalue weighted by Crippen LogP contribution is 2.23. The minimum atomic E-state index is 0.495. The van der Waals surface area contributed by atoms with Gasteiger partial charge in [0.15, 0.2) is 0 Å². The fraction of sp³-hybridized carbons (Fsp3) is 0.438. The number of benzene rings is 1. The number of rotatable bonds is 6. The molecule has 0 aliphatic rings. The summed E-state index contributed by atoms with van der Waals surface area (Å²) in [6.07, 6.45) is 1.92. The normalized spacial score (nSPS) is 10.8. The Labute approximate surface area is 129 Å². The minimum Gasteiger partial charge on any atom is -0.493 e. The van der Waals surface area contributed by atoms with Crippen LogP contribution in [-0.2, 0) is 12.3 Å². The summed E-state index contributed by atoms with van der Waals surface area (Å²) >= 11 is 7.43. The minimum absolute atomic E-state index is 0.495. The lowest BCUT2D eigenvalue weighted by molar-refractivity contribution is 0.308. The summed E-state index contributed by atoms with van der Waals surface area (Å²) in [4.78, 5) is 4.45. The van der Waals surface area contributed by atoms with E-state index < -0.39 is 0 Å². The zero-order chi connectivity index (χ0) is 14.5. The van der Waals surface area contributed by atoms with E-state index in [1.807, 2.05) is 5.38 Å². The van der Waals surface area contributed by atoms with Gasteiger partial charge in [0, 0.05) is 11.8 Å². The van der Waals surface area contributed by atoms with E-state index in [1.165, 1.54) is 16.7 Å². The number of alkyl halides is 1. The van der Waals surface area contributed by atoms with Gasteiger partial charge in [-0.1, -0.05) is 6.07 Å². The third-order valence-corrected chi connectivity index (χ3v) is 4.52. The van der Waals surface area contributed by atoms with Crippen molar-refractivity contribution in [3.05, 3.63) is 44.9 Å². The number of aromatic nitrogens is 1. The predicted octanol–water partition coefficient (Wildman–Crippen LogP) is 4.82. The first-order chi connectivity index (χ1) is 9.60. The van der Waals surface area contributed by atoms with Crippen LogP contribution >= 0.6 is 22.9 Å². The molecule has 0 unspecified atom stereocenters. The van der Waals surface area contributed by atoms with E-state index >= 15 is 0 Å². The molecule has 4 heteroatoms. The van der Waals surface area contributed by atoms with Gasteiger partial charge in [0.25, 0.3) is 0 Å². The molecule has 2 rings (SSSR count). The molecule has 1 heterocycles. The van der Waals surface area contributed by atoms with Crippen LogP contribution in [0.15, 0.2) is 17.5 Å². The molecule has 1 aromatic heterocycles. The lowest BCUT2D eigenvalue weighted by Gasteiger charge is -2.12. The molecule has 0 radical (unpaired) electrons. The number of nitrogens with zero attached hydrogens (tertiary/aromatic N) is 1. The van der Waals surface area contributed by atoms with E-state index in [-0.39, 0.29) is 0 Å². The largest absolute Gasteiger partial charge is 0.493 e. The van der Waals surface area contributed by atoms with Crippen LogP contribution in [0.3, 0.4) is 0 Å². The number of halogens is 1. The lowest BCUT2D eigenvalue weighted by atomic mass is 10.1. The molecule has 2 aromatic rings. The summed E-state index contributed by atoms with van der Waals surface area (Å²) in [5.41, 5.74) is 4.73. The second-order valence-electron chi connectivity index (χ2n) is 5.02. The first kappa shape index (κ1) is 15.3. The van der Waals surface area contributed by atoms with Crippen molar-refractivity contribution in [1.29, 1.82) is 0 Å². The van der Waals surface area contributed by atoms with Crippen LogP contribution in [0.25, 0.3) is 0 Å². The Bertz CT molecular complexity index is 580. The Morgan fingerprint density at radius 3 is 2.75 bits per heavy atom. The van der Waals surface area contributed by atoms with Gasteiger partial charge in [-0.2, -0.15) is 0 Å². The van der Waals surface area contributed by atoms with Gasteiger partial charge in [-0.3, -0.25) is 0 Å². The first-order valence-electron chi connectivity index (χ1n) is 6.80. The van der Waals surface area contributed by atoms with Crippen molar-refractivity contribution in [3.63, 3.8) is 0 Å². The molecule has 0 fully saturated rings. The van der Waals surface area contributed by atoms with Crippen LogP contribution in [0.5, 0.6) is 5.75 Å². The van der Waals surface area contributed by atoms with E-state index in [1.54, 1.807) is 11.3 Å². The van der Waals surface area contributed by atoms with Crippen molar-refractivity contribution in [3.8, 4) is 5.75 Å². The summed E-state index contributed by atoms with van der Waals surface area (Å²) in [5, 5.41) is 3.17. The second kappa shape index (κ2) is 7.09. The molecule has 108 valence electrons. The Balaban J connectivity index is 1.84. The highest BCUT2D eigenvalue weighted by molar-refractivity contribution is 7.09. The molecule has 0 bridgehead atoms. The molecule has 0 amide bonds. The van der Waals surface area contributed by atoms with E-state index in [9.17, 15) is 0 Å². The second-order valence-corrected chi connectivity index (χ2v) is 6.23. The van der Waals surface area contributed by atoms with Crippen LogP contribution in [0.2, 0.25) is 0 Å². The predicted molar refractivity (Wildman–Crippen MR) is 86.1 cm³/mol. The SMILES string of the molecule is Cc1cc(C)c(C)c(OCCCc2nc(CCl)cs2)c1. The number of ether oxygens (including phenoxy) is 1. The van der Waals surface area contributed by atoms with Gasteiger partial charge >= 0.3 is 0 Å². The maximum absolute atomic E-state index is 5.90. The third kappa shape index (κ3) is 3.97. The van der Waals surface area contributed by atoms with E-state index in [4.69, 9.17) is 16.3 Å². The maximum atomic E-state index is 5.90. The molecule has 1 aromatic carbocycles. The molecule has 0 aliphatic heterocycles. The van der Waals surface area contributed by atoms with Crippen LogP contribution in [-0.4, -0.2) is 11.6 Å². The molecule has 2 nitrogen and oxygen atoms in total. The van der Waals surface area contributed by atoms with Gasteiger partial charge in [0.2, 0.25) is 0 Å². The van der Waals surface area contributed by atoms with Gasteiger partial charge in [0.1, 0.15) is 5.75 Å². The molecule has 0 saturated heterocycles. The summed E-state index contributed by atoms with van der Waals surface area (Å²) in [5.74, 6) is 1.50. The number of hydrogen-bond acceptors (Lipinski definition) is 3. The fourth-order valence-electron chi connectivity index (χ4n) is 2.08. The van der Waals surface area contributed by atoms with Crippen molar-refractivity contribution in [2.75, 3.05) is 6.61 Å². The highest BCUT2D eigenvalue weighted by atomic mass is 35.5. The Morgan fingerprint density at radius 1 is 1.25 bits per heavy atom. The molecule has 0 aliphatic carbocycles. The van der Waals surface area contributed by atoms with Crippen LogP contribution < -0.4 is 4.74 Å². The Morgan fingerprint density at radius 2 is 2.05 bits per heavy atom. The van der Waals surface area contributed by atoms with Gasteiger partial charge in [-0.15, -0.1) is 22.9 Å². The topological polar surface area (TPSA) is 22.1 Å². The fourth-order valence-corrected chi connectivity index (χ4v) is 3.15. The van der Waals surface area contributed by atoms with Crippen LogP contribution in [0.4, 0.5) is 0 Å². The summed E-state index contributed by atoms with van der Waals surface area (Å²) in [6.45, 7) is 7.05. The molecule has 0 atom stereocenters. The average molecular weight is 310 g/mol. The van der Waals surface area contributed by atoms with Crippen molar-refractivity contribution in [2.24, 2.45) is 0 Å². The van der Waals surface area contributed by atoms with Gasteiger partial charge < -0.3 is 4.74 Å². The maximum Gasteiger partial charge on any atom is 0.122 e. The van der Waals surface area contributed by atoms with Gasteiger partial charge in [0.05, 0.1) is 23.2 Å². The monoisotopic (exact) mass is 309 g/mol. The number of aryl methyl sites for hydroxylation is 3. The van der Waals surface area contributed by atoms with E-state index in [0.717, 1.165) is 35.9 Å². The first-order valence-corrected chi connectivity index (χ1v) is 8.21. The highest BCUT2D eigenvalue weighted by Gasteiger charge is 2.05. The van der Waals surface area contributed by atoms with Crippen molar-refractivity contribution >= 4 is 22.9 Å². The molecule has 0 N–H and O–H groups in total. The van der Waals surface area contributed by atoms with Crippen molar-refractivity contribution < 1.29 is 4.74 Å². The third-order valence-electron chi connectivity index (χ3n) is 3.29. The molecule has 0 spiro atoms.